The fraction of sp³-hybridized carbons (Fsp3) is 0.500. The minimum Gasteiger partial charge on any atom is -0.389 e. The topological polar surface area (TPSA) is 49.3 Å². The van der Waals surface area contributed by atoms with Crippen LogP contribution >= 0.6 is 0 Å². The molecule has 0 aromatic heterocycles. The van der Waals surface area contributed by atoms with E-state index in [1.165, 1.54) is 5.56 Å². The second kappa shape index (κ2) is 7.99. The normalized spacial score (nSPS) is 21.4. The number of hydrogen-bond donors (Lipinski definition) is 2. The van der Waals surface area contributed by atoms with Gasteiger partial charge in [-0.05, 0) is 37.2 Å². The zero-order valence-corrected chi connectivity index (χ0v) is 12.7. The predicted octanol–water partition coefficient (Wildman–Crippen LogP) is 2.84. The first-order valence-corrected chi connectivity index (χ1v) is 7.85. The Morgan fingerprint density at radius 1 is 1.38 bits per heavy atom. The molecule has 1 aromatic carbocycles. The van der Waals surface area contributed by atoms with Gasteiger partial charge in [0.25, 0.3) is 0 Å². The van der Waals surface area contributed by atoms with Crippen LogP contribution in [0.3, 0.4) is 0 Å². The molecule has 0 bridgehead atoms. The molecule has 3 atom stereocenters. The van der Waals surface area contributed by atoms with Crippen molar-refractivity contribution in [1.82, 2.24) is 5.32 Å². The van der Waals surface area contributed by atoms with Crippen LogP contribution < -0.4 is 5.32 Å². The fourth-order valence-corrected chi connectivity index (χ4v) is 2.66. The van der Waals surface area contributed by atoms with E-state index >= 15 is 0 Å². The van der Waals surface area contributed by atoms with Crippen LogP contribution in [0.2, 0.25) is 0 Å². The Labute approximate surface area is 127 Å². The number of nitrogens with one attached hydrogen (secondary N) is 1. The van der Waals surface area contributed by atoms with Gasteiger partial charge >= 0.3 is 0 Å². The molecular formula is C18H25NO2. The Hall–Kier alpha value is -1.61. The Morgan fingerprint density at radius 2 is 2.14 bits per heavy atom. The third-order valence-electron chi connectivity index (χ3n) is 4.12. The van der Waals surface area contributed by atoms with Gasteiger partial charge in [0.2, 0.25) is 5.91 Å². The van der Waals surface area contributed by atoms with Crippen molar-refractivity contribution in [2.45, 2.75) is 51.2 Å². The number of hydrogen-bond acceptors (Lipinski definition) is 2. The molecule has 2 rings (SSSR count). The summed E-state index contributed by atoms with van der Waals surface area (Å²) in [7, 11) is 0. The van der Waals surface area contributed by atoms with E-state index in [2.05, 4.69) is 36.5 Å². The van der Waals surface area contributed by atoms with Gasteiger partial charge in [0.15, 0.2) is 0 Å². The summed E-state index contributed by atoms with van der Waals surface area (Å²) in [6, 6.07) is 10.5. The summed E-state index contributed by atoms with van der Waals surface area (Å²) in [5.41, 5.74) is 1.35. The second-order valence-electron chi connectivity index (χ2n) is 5.94. The van der Waals surface area contributed by atoms with Crippen LogP contribution in [0.25, 0.3) is 0 Å². The lowest BCUT2D eigenvalue weighted by Crippen LogP contribution is -2.24. The molecule has 1 heterocycles. The molecule has 114 valence electrons. The Balaban J connectivity index is 1.68. The van der Waals surface area contributed by atoms with E-state index in [-0.39, 0.29) is 17.9 Å². The third-order valence-corrected chi connectivity index (χ3v) is 4.12. The van der Waals surface area contributed by atoms with E-state index < -0.39 is 6.10 Å². The Morgan fingerprint density at radius 3 is 2.81 bits per heavy atom. The van der Waals surface area contributed by atoms with Crippen molar-refractivity contribution in [1.29, 1.82) is 0 Å². The zero-order chi connectivity index (χ0) is 15.1. The minimum atomic E-state index is -0.432. The highest BCUT2D eigenvalue weighted by molar-refractivity contribution is 5.78. The monoisotopic (exact) mass is 287 g/mol. The van der Waals surface area contributed by atoms with Gasteiger partial charge in [-0.25, -0.2) is 0 Å². The minimum absolute atomic E-state index is 0.101. The van der Waals surface area contributed by atoms with Gasteiger partial charge in [-0.3, -0.25) is 4.79 Å². The lowest BCUT2D eigenvalue weighted by Gasteiger charge is -2.16. The van der Waals surface area contributed by atoms with E-state index in [1.54, 1.807) is 0 Å². The Kier molecular flexibility index (Phi) is 6.00. The van der Waals surface area contributed by atoms with E-state index in [1.807, 2.05) is 18.2 Å². The van der Waals surface area contributed by atoms with Gasteiger partial charge in [0, 0.05) is 12.5 Å². The lowest BCUT2D eigenvalue weighted by molar-refractivity contribution is -0.119. The summed E-state index contributed by atoms with van der Waals surface area (Å²) < 4.78 is 0. The van der Waals surface area contributed by atoms with Crippen molar-refractivity contribution in [3.8, 4) is 0 Å². The van der Waals surface area contributed by atoms with Crippen LogP contribution in [0.1, 0.15) is 38.2 Å². The predicted molar refractivity (Wildman–Crippen MR) is 84.9 cm³/mol. The number of amides is 1. The maximum Gasteiger partial charge on any atom is 0.220 e. The smallest absolute Gasteiger partial charge is 0.220 e. The number of aliphatic hydroxyl groups excluding tert-OH is 1. The largest absolute Gasteiger partial charge is 0.389 e. The molecule has 0 spiro atoms. The molecule has 1 aliphatic rings. The van der Waals surface area contributed by atoms with Crippen LogP contribution in [0, 0.1) is 5.92 Å². The summed E-state index contributed by atoms with van der Waals surface area (Å²) in [4.78, 5) is 11.1. The second-order valence-corrected chi connectivity index (χ2v) is 5.94. The van der Waals surface area contributed by atoms with Crippen LogP contribution in [0.5, 0.6) is 0 Å². The zero-order valence-electron chi connectivity index (χ0n) is 12.7. The molecule has 1 amide bonds. The molecule has 1 unspecified atom stereocenters. The highest BCUT2D eigenvalue weighted by atomic mass is 16.3. The van der Waals surface area contributed by atoms with Gasteiger partial charge in [-0.1, -0.05) is 49.4 Å². The summed E-state index contributed by atoms with van der Waals surface area (Å²) in [5.74, 6) is 0.345. The maximum absolute atomic E-state index is 11.1. The van der Waals surface area contributed by atoms with Crippen molar-refractivity contribution in [2.75, 3.05) is 0 Å². The highest BCUT2D eigenvalue weighted by Gasteiger charge is 2.18. The van der Waals surface area contributed by atoms with Crippen LogP contribution in [0.4, 0.5) is 0 Å². The lowest BCUT2D eigenvalue weighted by atomic mass is 9.95. The quantitative estimate of drug-likeness (QED) is 0.758. The molecule has 21 heavy (non-hydrogen) atoms. The van der Waals surface area contributed by atoms with Gasteiger partial charge in [0.1, 0.15) is 0 Å². The van der Waals surface area contributed by atoms with Crippen LogP contribution in [-0.2, 0) is 11.2 Å². The molecule has 3 heteroatoms. The summed E-state index contributed by atoms with van der Waals surface area (Å²) in [6.07, 6.45) is 7.90. The van der Waals surface area contributed by atoms with Crippen molar-refractivity contribution in [3.05, 3.63) is 48.0 Å². The van der Waals surface area contributed by atoms with E-state index in [9.17, 15) is 9.90 Å². The first kappa shape index (κ1) is 15.8. The molecule has 1 aliphatic heterocycles. The summed E-state index contributed by atoms with van der Waals surface area (Å²) in [5, 5.41) is 13.0. The highest BCUT2D eigenvalue weighted by Crippen LogP contribution is 2.16. The van der Waals surface area contributed by atoms with Crippen LogP contribution in [-0.4, -0.2) is 23.2 Å². The fourth-order valence-electron chi connectivity index (χ4n) is 2.66. The number of carbonyl (C=O) groups is 1. The molecule has 1 fully saturated rings. The van der Waals surface area contributed by atoms with Crippen molar-refractivity contribution in [3.63, 3.8) is 0 Å². The molecule has 2 N–H and O–H groups in total. The first-order valence-electron chi connectivity index (χ1n) is 7.85. The molecule has 0 aliphatic carbocycles. The van der Waals surface area contributed by atoms with E-state index in [0.717, 1.165) is 25.7 Å². The molecule has 3 nitrogen and oxygen atoms in total. The summed E-state index contributed by atoms with van der Waals surface area (Å²) >= 11 is 0. The standard InChI is InChI=1S/C18H25NO2/c1-14(6-5-9-15-7-3-2-4-8-15)17(20)12-10-16-11-13-18(21)19-16/h2-4,7-8,10,12,14,16-17,20H,5-6,9,11,13H2,1H3,(H,19,21)/b12-10+/t14?,16-,17+/m0/s1. The average Bonchev–Trinajstić information content (AvgIpc) is 2.91. The Bertz CT molecular complexity index is 469. The number of rotatable bonds is 7. The van der Waals surface area contributed by atoms with Gasteiger partial charge in [0.05, 0.1) is 6.10 Å². The van der Waals surface area contributed by atoms with E-state index in [0.29, 0.717) is 6.42 Å². The van der Waals surface area contributed by atoms with E-state index in [4.69, 9.17) is 0 Å². The van der Waals surface area contributed by atoms with Crippen molar-refractivity contribution >= 4 is 5.91 Å². The van der Waals surface area contributed by atoms with Gasteiger partial charge in [-0.15, -0.1) is 0 Å². The number of aliphatic hydroxyl groups is 1. The molecule has 1 aromatic rings. The first-order chi connectivity index (χ1) is 10.1. The third kappa shape index (κ3) is 5.35. The maximum atomic E-state index is 11.1. The number of aryl methyl sites for hydroxylation is 1. The number of benzene rings is 1. The molecule has 1 saturated heterocycles. The van der Waals surface area contributed by atoms with Gasteiger partial charge < -0.3 is 10.4 Å². The van der Waals surface area contributed by atoms with Gasteiger partial charge in [-0.2, -0.15) is 0 Å². The number of carbonyl (C=O) groups excluding carboxylic acids is 1. The van der Waals surface area contributed by atoms with Crippen LogP contribution in [0.15, 0.2) is 42.5 Å². The SMILES string of the molecule is CC(CCCc1ccccc1)[C@H](O)/C=C/[C@H]1CCC(=O)N1. The average molecular weight is 287 g/mol. The summed E-state index contributed by atoms with van der Waals surface area (Å²) in [6.45, 7) is 2.08. The van der Waals surface area contributed by atoms with Crippen molar-refractivity contribution in [2.24, 2.45) is 5.92 Å². The van der Waals surface area contributed by atoms with Crippen molar-refractivity contribution < 1.29 is 9.90 Å². The molecular weight excluding hydrogens is 262 g/mol. The molecule has 0 radical (unpaired) electrons. The molecule has 0 saturated carbocycles.